The van der Waals surface area contributed by atoms with Crippen molar-refractivity contribution < 1.29 is 24.2 Å². The molecule has 6 heteroatoms. The minimum absolute atomic E-state index is 0.0684. The molecule has 0 aliphatic rings. The molecule has 0 amide bonds. The lowest BCUT2D eigenvalue weighted by Crippen LogP contribution is -2.29. The van der Waals surface area contributed by atoms with Crippen LogP contribution in [-0.4, -0.2) is 61.4 Å². The van der Waals surface area contributed by atoms with Gasteiger partial charge >= 0.3 is 11.9 Å². The van der Waals surface area contributed by atoms with Crippen LogP contribution in [0.2, 0.25) is 0 Å². The van der Waals surface area contributed by atoms with Gasteiger partial charge in [-0.2, -0.15) is 0 Å². The van der Waals surface area contributed by atoms with Crippen LogP contribution in [0.25, 0.3) is 0 Å². The zero-order valence-corrected chi connectivity index (χ0v) is 39.8. The summed E-state index contributed by atoms with van der Waals surface area (Å²) < 4.78 is 11.6. The number of carbonyl (C=O) groups excluding carboxylic acids is 2. The molecule has 0 radical (unpaired) electrons. The molecule has 0 aliphatic heterocycles. The van der Waals surface area contributed by atoms with Crippen LogP contribution in [0.15, 0.2) is 0 Å². The second-order valence-electron chi connectivity index (χ2n) is 18.1. The molecule has 0 heterocycles. The predicted molar refractivity (Wildman–Crippen MR) is 251 cm³/mol. The van der Waals surface area contributed by atoms with Crippen molar-refractivity contribution in [3.8, 4) is 0 Å². The van der Waals surface area contributed by atoms with E-state index in [2.05, 4.69) is 32.6 Å². The summed E-state index contributed by atoms with van der Waals surface area (Å²) in [4.78, 5) is 28.2. The van der Waals surface area contributed by atoms with Crippen molar-refractivity contribution >= 4 is 11.9 Å². The maximum atomic E-state index is 12.9. The summed E-state index contributed by atoms with van der Waals surface area (Å²) >= 11 is 0. The Morgan fingerprint density at radius 3 is 0.931 bits per heavy atom. The second kappa shape index (κ2) is 46.9. The van der Waals surface area contributed by atoms with E-state index in [1.165, 1.54) is 167 Å². The molecule has 0 bridgehead atoms. The number of aliphatic hydroxyl groups is 1. The minimum Gasteiger partial charge on any atom is -0.465 e. The summed E-state index contributed by atoms with van der Waals surface area (Å²) in [5, 5.41) is 9.61. The maximum absolute atomic E-state index is 12.9. The van der Waals surface area contributed by atoms with Crippen molar-refractivity contribution in [2.24, 2.45) is 11.8 Å². The zero-order valence-electron chi connectivity index (χ0n) is 39.8. The number of ether oxygens (including phenoxy) is 2. The molecule has 0 aliphatic carbocycles. The molecule has 0 rings (SSSR count). The highest BCUT2D eigenvalue weighted by Gasteiger charge is 2.20. The van der Waals surface area contributed by atoms with Gasteiger partial charge in [-0.1, -0.05) is 220 Å². The Bertz CT molecular complexity index is 773. The van der Waals surface area contributed by atoms with Crippen LogP contribution >= 0.6 is 0 Å². The second-order valence-corrected chi connectivity index (χ2v) is 18.1. The number of nitrogens with zero attached hydrogens (tertiary/aromatic N) is 1. The third-order valence-corrected chi connectivity index (χ3v) is 12.4. The van der Waals surface area contributed by atoms with Crippen LogP contribution < -0.4 is 0 Å². The van der Waals surface area contributed by atoms with Gasteiger partial charge in [-0.3, -0.25) is 9.59 Å². The summed E-state index contributed by atoms with van der Waals surface area (Å²) in [6, 6.07) is 0. The van der Waals surface area contributed by atoms with Gasteiger partial charge in [0.05, 0.1) is 31.7 Å². The Kier molecular flexibility index (Phi) is 46.0. The topological polar surface area (TPSA) is 76.1 Å². The SMILES string of the molecule is CCCCCCCCC(CCCCCC)C(=O)OCCCCCCCCCN(CCO)CCCCCCCCCOC(=O)C(CCCCCC)CCCCCCCC. The molecular weight excluding hydrogens is 719 g/mol. The molecule has 1 N–H and O–H groups in total. The number of rotatable bonds is 48. The van der Waals surface area contributed by atoms with Crippen LogP contribution in [-0.2, 0) is 19.1 Å². The summed E-state index contributed by atoms with van der Waals surface area (Å²) in [7, 11) is 0. The molecule has 0 saturated heterocycles. The third-order valence-electron chi connectivity index (χ3n) is 12.4. The van der Waals surface area contributed by atoms with Crippen molar-refractivity contribution in [3.63, 3.8) is 0 Å². The summed E-state index contributed by atoms with van der Waals surface area (Å²) in [5.74, 6) is 0.352. The number of hydrogen-bond donors (Lipinski definition) is 1. The van der Waals surface area contributed by atoms with E-state index in [1.54, 1.807) is 0 Å². The van der Waals surface area contributed by atoms with E-state index < -0.39 is 0 Å². The van der Waals surface area contributed by atoms with E-state index in [0.717, 1.165) is 96.7 Å². The highest BCUT2D eigenvalue weighted by atomic mass is 16.5. The van der Waals surface area contributed by atoms with Crippen molar-refractivity contribution in [3.05, 3.63) is 0 Å². The van der Waals surface area contributed by atoms with E-state index in [4.69, 9.17) is 9.47 Å². The molecule has 0 aromatic rings. The standard InChI is InChI=1S/C52H103NO5/c1-5-9-13-17-25-33-41-49(39-31-15-11-7-3)51(55)57-47-37-29-23-19-21-27-35-43-53(45-46-54)44-36-28-22-20-24-30-38-48-58-52(56)50(40-32-16-12-8-4)42-34-26-18-14-10-6-2/h49-50,54H,5-48H2,1-4H3. The fraction of sp³-hybridized carbons (Fsp3) is 0.962. The first-order valence-corrected chi connectivity index (χ1v) is 26.2. The lowest BCUT2D eigenvalue weighted by Gasteiger charge is -2.21. The van der Waals surface area contributed by atoms with Crippen molar-refractivity contribution in [1.82, 2.24) is 4.90 Å². The van der Waals surface area contributed by atoms with Crippen LogP contribution in [0, 0.1) is 11.8 Å². The summed E-state index contributed by atoms with van der Waals surface area (Å²) in [6.07, 6.45) is 45.8. The largest absolute Gasteiger partial charge is 0.465 e. The average Bonchev–Trinajstić information content (AvgIpc) is 3.22. The van der Waals surface area contributed by atoms with Crippen molar-refractivity contribution in [2.75, 3.05) is 39.5 Å². The van der Waals surface area contributed by atoms with E-state index in [1.807, 2.05) is 0 Å². The Hall–Kier alpha value is -1.14. The van der Waals surface area contributed by atoms with Crippen molar-refractivity contribution in [1.29, 1.82) is 0 Å². The van der Waals surface area contributed by atoms with Gasteiger partial charge in [-0.25, -0.2) is 0 Å². The van der Waals surface area contributed by atoms with Gasteiger partial charge in [-0.15, -0.1) is 0 Å². The smallest absolute Gasteiger partial charge is 0.308 e. The van der Waals surface area contributed by atoms with E-state index in [9.17, 15) is 14.7 Å². The molecule has 0 saturated carbocycles. The van der Waals surface area contributed by atoms with Gasteiger partial charge in [-0.05, 0) is 64.5 Å². The zero-order chi connectivity index (χ0) is 42.4. The van der Waals surface area contributed by atoms with Crippen molar-refractivity contribution in [2.45, 2.75) is 272 Å². The summed E-state index contributed by atoms with van der Waals surface area (Å²) in [5.41, 5.74) is 0. The maximum Gasteiger partial charge on any atom is 0.308 e. The predicted octanol–water partition coefficient (Wildman–Crippen LogP) is 15.5. The van der Waals surface area contributed by atoms with Gasteiger partial charge in [0.1, 0.15) is 0 Å². The molecule has 2 unspecified atom stereocenters. The van der Waals surface area contributed by atoms with Crippen LogP contribution in [0.4, 0.5) is 0 Å². The minimum atomic E-state index is 0.0684. The Balaban J connectivity index is 3.98. The molecule has 2 atom stereocenters. The van der Waals surface area contributed by atoms with Gasteiger partial charge in [0, 0.05) is 6.54 Å². The molecule has 0 spiro atoms. The quantitative estimate of drug-likeness (QED) is 0.0487. The first kappa shape index (κ1) is 56.9. The molecule has 346 valence electrons. The highest BCUT2D eigenvalue weighted by molar-refractivity contribution is 5.72. The number of hydrogen-bond acceptors (Lipinski definition) is 6. The molecule has 0 aromatic carbocycles. The highest BCUT2D eigenvalue weighted by Crippen LogP contribution is 2.22. The van der Waals surface area contributed by atoms with E-state index >= 15 is 0 Å². The molecule has 0 aromatic heterocycles. The molecule has 58 heavy (non-hydrogen) atoms. The number of esters is 2. The van der Waals surface area contributed by atoms with Gasteiger partial charge in [0.15, 0.2) is 0 Å². The lowest BCUT2D eigenvalue weighted by molar-refractivity contribution is -0.150. The van der Waals surface area contributed by atoms with Gasteiger partial charge < -0.3 is 19.5 Å². The van der Waals surface area contributed by atoms with E-state index in [0.29, 0.717) is 13.2 Å². The third kappa shape index (κ3) is 39.0. The Morgan fingerprint density at radius 1 is 0.362 bits per heavy atom. The number of aliphatic hydroxyl groups excluding tert-OH is 1. The first-order valence-electron chi connectivity index (χ1n) is 26.2. The monoisotopic (exact) mass is 822 g/mol. The van der Waals surface area contributed by atoms with Crippen LogP contribution in [0.5, 0.6) is 0 Å². The Morgan fingerprint density at radius 2 is 0.621 bits per heavy atom. The van der Waals surface area contributed by atoms with Crippen LogP contribution in [0.3, 0.4) is 0 Å². The molecular formula is C52H103NO5. The fourth-order valence-electron chi connectivity index (χ4n) is 8.44. The average molecular weight is 822 g/mol. The number of unbranched alkanes of at least 4 members (excludes halogenated alkanes) is 28. The van der Waals surface area contributed by atoms with E-state index in [-0.39, 0.29) is 30.4 Å². The normalized spacial score (nSPS) is 12.7. The van der Waals surface area contributed by atoms with Crippen LogP contribution in [0.1, 0.15) is 272 Å². The number of carbonyl (C=O) groups is 2. The first-order chi connectivity index (χ1) is 28.5. The summed E-state index contributed by atoms with van der Waals surface area (Å²) in [6.45, 7) is 13.4. The Labute approximate surface area is 362 Å². The molecule has 0 fully saturated rings. The fourth-order valence-corrected chi connectivity index (χ4v) is 8.44. The van der Waals surface area contributed by atoms with Gasteiger partial charge in [0.2, 0.25) is 0 Å². The lowest BCUT2D eigenvalue weighted by atomic mass is 9.94. The van der Waals surface area contributed by atoms with Gasteiger partial charge in [0.25, 0.3) is 0 Å². The molecule has 6 nitrogen and oxygen atoms in total.